The van der Waals surface area contributed by atoms with E-state index in [-0.39, 0.29) is 17.5 Å². The minimum Gasteiger partial charge on any atom is -0.310 e. The van der Waals surface area contributed by atoms with E-state index in [2.05, 4.69) is 15.5 Å². The van der Waals surface area contributed by atoms with E-state index in [1.807, 2.05) is 66.7 Å². The van der Waals surface area contributed by atoms with Gasteiger partial charge in [-0.05, 0) is 24.3 Å². The molecule has 2 heterocycles. The van der Waals surface area contributed by atoms with Crippen LogP contribution in [-0.4, -0.2) is 36.2 Å². The summed E-state index contributed by atoms with van der Waals surface area (Å²) >= 11 is 1.23. The highest BCUT2D eigenvalue weighted by Gasteiger charge is 2.17. The van der Waals surface area contributed by atoms with E-state index in [0.717, 1.165) is 16.9 Å². The van der Waals surface area contributed by atoms with Crippen molar-refractivity contribution in [1.82, 2.24) is 24.5 Å². The fourth-order valence-electron chi connectivity index (χ4n) is 3.61. The number of rotatable bonds is 7. The van der Waals surface area contributed by atoms with Gasteiger partial charge in [0, 0.05) is 18.7 Å². The number of amides is 1. The monoisotopic (exact) mass is 484 g/mol. The molecule has 3 aromatic carbocycles. The number of para-hydroxylation sites is 1. The summed E-state index contributed by atoms with van der Waals surface area (Å²) in [5.41, 5.74) is 2.89. The number of anilines is 1. The van der Waals surface area contributed by atoms with Crippen molar-refractivity contribution < 1.29 is 9.18 Å². The third-order valence-electron chi connectivity index (χ3n) is 5.33. The molecule has 0 aliphatic carbocycles. The number of hydrogen-bond acceptors (Lipinski definition) is 5. The quantitative estimate of drug-likeness (QED) is 0.321. The fourth-order valence-corrected chi connectivity index (χ4v) is 4.32. The first-order valence-electron chi connectivity index (χ1n) is 10.9. The summed E-state index contributed by atoms with van der Waals surface area (Å²) in [6, 6.07) is 27.6. The first-order valence-corrected chi connectivity index (χ1v) is 11.9. The standard InChI is InChI=1S/C26H21FN6OS/c1-32-25(20-14-8-9-15-21(20)27)29-30-26(32)35-17-24(34)28-23-16-22(18-10-4-2-5-11-18)31-33(23)19-12-6-3-7-13-19/h2-16H,17H2,1H3,(H,28,34). The SMILES string of the molecule is Cn1c(SCC(=O)Nc2cc(-c3ccccc3)nn2-c2ccccc2)nnc1-c1ccccc1F. The van der Waals surface area contributed by atoms with E-state index in [4.69, 9.17) is 5.10 Å². The van der Waals surface area contributed by atoms with Crippen LogP contribution in [0.25, 0.3) is 28.3 Å². The zero-order valence-corrected chi connectivity index (χ0v) is 19.6. The van der Waals surface area contributed by atoms with Crippen LogP contribution >= 0.6 is 11.8 Å². The molecule has 2 aromatic heterocycles. The van der Waals surface area contributed by atoms with Crippen LogP contribution < -0.4 is 5.32 Å². The normalized spacial score (nSPS) is 10.9. The number of benzene rings is 3. The van der Waals surface area contributed by atoms with Crippen molar-refractivity contribution in [3.63, 3.8) is 0 Å². The Hall–Kier alpha value is -4.24. The van der Waals surface area contributed by atoms with Gasteiger partial charge in [0.25, 0.3) is 0 Å². The first-order chi connectivity index (χ1) is 17.1. The van der Waals surface area contributed by atoms with Crippen molar-refractivity contribution in [3.8, 4) is 28.3 Å². The highest BCUT2D eigenvalue weighted by Crippen LogP contribution is 2.27. The van der Waals surface area contributed by atoms with Crippen LogP contribution in [0.2, 0.25) is 0 Å². The van der Waals surface area contributed by atoms with E-state index in [9.17, 15) is 9.18 Å². The molecule has 0 atom stereocenters. The van der Waals surface area contributed by atoms with E-state index in [1.165, 1.54) is 17.8 Å². The molecule has 5 aromatic rings. The Morgan fingerprint density at radius 3 is 2.37 bits per heavy atom. The van der Waals surface area contributed by atoms with Crippen molar-refractivity contribution in [2.75, 3.05) is 11.1 Å². The van der Waals surface area contributed by atoms with Gasteiger partial charge in [-0.2, -0.15) is 5.10 Å². The fraction of sp³-hybridized carbons (Fsp3) is 0.0769. The minimum absolute atomic E-state index is 0.101. The van der Waals surface area contributed by atoms with Crippen LogP contribution in [0.1, 0.15) is 0 Å². The Morgan fingerprint density at radius 1 is 0.943 bits per heavy atom. The number of hydrogen-bond donors (Lipinski definition) is 1. The third-order valence-corrected chi connectivity index (χ3v) is 6.35. The summed E-state index contributed by atoms with van der Waals surface area (Å²) in [5.74, 6) is 0.471. The molecule has 0 aliphatic rings. The van der Waals surface area contributed by atoms with Gasteiger partial charge in [-0.15, -0.1) is 10.2 Å². The van der Waals surface area contributed by atoms with Crippen molar-refractivity contribution in [2.45, 2.75) is 5.16 Å². The molecule has 0 fully saturated rings. The highest BCUT2D eigenvalue weighted by molar-refractivity contribution is 7.99. The third kappa shape index (κ3) is 4.85. The lowest BCUT2D eigenvalue weighted by molar-refractivity contribution is -0.113. The highest BCUT2D eigenvalue weighted by atomic mass is 32.2. The van der Waals surface area contributed by atoms with Crippen molar-refractivity contribution >= 4 is 23.5 Å². The molecular formula is C26H21FN6OS. The van der Waals surface area contributed by atoms with Crippen LogP contribution in [-0.2, 0) is 11.8 Å². The second-order valence-electron chi connectivity index (χ2n) is 7.71. The second kappa shape index (κ2) is 9.94. The van der Waals surface area contributed by atoms with Crippen molar-refractivity contribution in [3.05, 3.63) is 96.8 Å². The maximum absolute atomic E-state index is 14.2. The molecule has 0 bridgehead atoms. The van der Waals surface area contributed by atoms with Crippen LogP contribution in [0.4, 0.5) is 10.2 Å². The summed E-state index contributed by atoms with van der Waals surface area (Å²) in [6.45, 7) is 0. The van der Waals surface area contributed by atoms with Crippen LogP contribution in [0, 0.1) is 5.82 Å². The maximum Gasteiger partial charge on any atom is 0.236 e. The summed E-state index contributed by atoms with van der Waals surface area (Å²) < 4.78 is 17.6. The van der Waals surface area contributed by atoms with Gasteiger partial charge in [0.15, 0.2) is 11.0 Å². The Balaban J connectivity index is 1.34. The average Bonchev–Trinajstić information content (AvgIpc) is 3.47. The van der Waals surface area contributed by atoms with Gasteiger partial charge in [-0.3, -0.25) is 4.79 Å². The molecular weight excluding hydrogens is 463 g/mol. The average molecular weight is 485 g/mol. The number of carbonyl (C=O) groups is 1. The molecule has 7 nitrogen and oxygen atoms in total. The number of nitrogens with one attached hydrogen (secondary N) is 1. The lowest BCUT2D eigenvalue weighted by atomic mass is 10.2. The van der Waals surface area contributed by atoms with Gasteiger partial charge in [0.2, 0.25) is 5.91 Å². The van der Waals surface area contributed by atoms with Gasteiger partial charge in [-0.25, -0.2) is 9.07 Å². The Morgan fingerprint density at radius 2 is 1.63 bits per heavy atom. The van der Waals surface area contributed by atoms with Gasteiger partial charge in [-0.1, -0.05) is 72.4 Å². The molecule has 0 unspecified atom stereocenters. The van der Waals surface area contributed by atoms with Crippen molar-refractivity contribution in [1.29, 1.82) is 0 Å². The molecule has 1 N–H and O–H groups in total. The van der Waals surface area contributed by atoms with Gasteiger partial charge < -0.3 is 9.88 Å². The Labute approximate surface area is 205 Å². The predicted molar refractivity (Wildman–Crippen MR) is 135 cm³/mol. The van der Waals surface area contributed by atoms with Crippen LogP contribution in [0.5, 0.6) is 0 Å². The van der Waals surface area contributed by atoms with Gasteiger partial charge >= 0.3 is 0 Å². The summed E-state index contributed by atoms with van der Waals surface area (Å²) in [6.07, 6.45) is 0. The number of thioether (sulfide) groups is 1. The van der Waals surface area contributed by atoms with E-state index in [1.54, 1.807) is 34.5 Å². The molecule has 0 saturated carbocycles. The molecule has 0 spiro atoms. The molecule has 0 radical (unpaired) electrons. The van der Waals surface area contributed by atoms with Crippen LogP contribution in [0.3, 0.4) is 0 Å². The second-order valence-corrected chi connectivity index (χ2v) is 8.65. The Bertz CT molecular complexity index is 1470. The smallest absolute Gasteiger partial charge is 0.236 e. The number of carbonyl (C=O) groups excluding carboxylic acids is 1. The topological polar surface area (TPSA) is 77.6 Å². The van der Waals surface area contributed by atoms with Crippen molar-refractivity contribution in [2.24, 2.45) is 7.05 Å². The van der Waals surface area contributed by atoms with Gasteiger partial charge in [0.05, 0.1) is 22.7 Å². The first kappa shape index (κ1) is 22.5. The lowest BCUT2D eigenvalue weighted by Gasteiger charge is -2.09. The molecule has 1 amide bonds. The summed E-state index contributed by atoms with van der Waals surface area (Å²) in [5, 5.41) is 16.4. The largest absolute Gasteiger partial charge is 0.310 e. The maximum atomic E-state index is 14.2. The minimum atomic E-state index is -0.374. The molecule has 174 valence electrons. The molecule has 9 heteroatoms. The molecule has 0 saturated heterocycles. The number of nitrogens with zero attached hydrogens (tertiary/aromatic N) is 5. The molecule has 5 rings (SSSR count). The zero-order chi connectivity index (χ0) is 24.2. The van der Waals surface area contributed by atoms with Gasteiger partial charge in [0.1, 0.15) is 11.6 Å². The molecule has 35 heavy (non-hydrogen) atoms. The predicted octanol–water partition coefficient (Wildman–Crippen LogP) is 5.20. The van der Waals surface area contributed by atoms with E-state index >= 15 is 0 Å². The van der Waals surface area contributed by atoms with E-state index in [0.29, 0.717) is 22.4 Å². The summed E-state index contributed by atoms with van der Waals surface area (Å²) in [4.78, 5) is 12.9. The molecule has 0 aliphatic heterocycles. The summed E-state index contributed by atoms with van der Waals surface area (Å²) in [7, 11) is 1.75. The van der Waals surface area contributed by atoms with Crippen LogP contribution in [0.15, 0.2) is 96.2 Å². The Kier molecular flexibility index (Phi) is 6.40. The van der Waals surface area contributed by atoms with E-state index < -0.39 is 0 Å². The zero-order valence-electron chi connectivity index (χ0n) is 18.8. The lowest BCUT2D eigenvalue weighted by Crippen LogP contribution is -2.17. The number of aromatic nitrogens is 5. The number of halogens is 1.